The van der Waals surface area contributed by atoms with Gasteiger partial charge in [0, 0.05) is 62.2 Å². The van der Waals surface area contributed by atoms with Crippen LogP contribution in [-0.4, -0.2) is 119 Å². The molecular weight excluding hydrogens is 859 g/mol. The first-order valence-electron chi connectivity index (χ1n) is 20.7. The Labute approximate surface area is 386 Å². The van der Waals surface area contributed by atoms with Crippen LogP contribution in [0.3, 0.4) is 0 Å². The highest BCUT2D eigenvalue weighted by Crippen LogP contribution is 2.28. The van der Waals surface area contributed by atoms with E-state index in [4.69, 9.17) is 35.9 Å². The number of nitrogens with zero attached hydrogens (tertiary/aromatic N) is 9. The fourth-order valence-electron chi connectivity index (χ4n) is 6.17. The van der Waals surface area contributed by atoms with Crippen molar-refractivity contribution in [1.29, 1.82) is 0 Å². The molecule has 4 heterocycles. The number of aryl methyl sites for hydroxylation is 4. The Morgan fingerprint density at radius 3 is 1.27 bits per heavy atom. The summed E-state index contributed by atoms with van der Waals surface area (Å²) in [5.74, 6) is -3.94. The van der Waals surface area contributed by atoms with Gasteiger partial charge in [-0.05, 0) is 61.6 Å². The van der Waals surface area contributed by atoms with Crippen LogP contribution in [0.25, 0.3) is 44.3 Å². The molecule has 0 aliphatic carbocycles. The summed E-state index contributed by atoms with van der Waals surface area (Å²) >= 11 is 0. The smallest absolute Gasteiger partial charge is 0.335 e. The average Bonchev–Trinajstić information content (AvgIpc) is 3.83. The summed E-state index contributed by atoms with van der Waals surface area (Å²) in [5.41, 5.74) is 20.5. The van der Waals surface area contributed by atoms with Crippen molar-refractivity contribution in [2.75, 3.05) is 28.2 Å². The van der Waals surface area contributed by atoms with Gasteiger partial charge in [0.1, 0.15) is 11.3 Å². The van der Waals surface area contributed by atoms with Gasteiger partial charge in [-0.3, -0.25) is 14.4 Å². The van der Waals surface area contributed by atoms with Gasteiger partial charge in [-0.25, -0.2) is 19.6 Å². The van der Waals surface area contributed by atoms with Gasteiger partial charge in [-0.1, -0.05) is 102 Å². The second kappa shape index (κ2) is 23.7. The van der Waals surface area contributed by atoms with Gasteiger partial charge in [0.05, 0.1) is 35.6 Å². The molecule has 2 unspecified atom stereocenters. The highest BCUT2D eigenvalue weighted by molar-refractivity contribution is 5.94. The lowest BCUT2D eigenvalue weighted by atomic mass is 10.1. The van der Waals surface area contributed by atoms with Gasteiger partial charge < -0.3 is 39.0 Å². The molecule has 0 spiro atoms. The fourth-order valence-corrected chi connectivity index (χ4v) is 6.17. The van der Waals surface area contributed by atoms with Crippen molar-refractivity contribution in [2.24, 2.45) is 5.11 Å². The van der Waals surface area contributed by atoms with E-state index in [2.05, 4.69) is 72.4 Å². The number of amides is 3. The van der Waals surface area contributed by atoms with Crippen LogP contribution >= 0.6 is 0 Å². The molecule has 0 fully saturated rings. The number of imidazole rings is 2. The summed E-state index contributed by atoms with van der Waals surface area (Å²) in [6, 6.07) is 33.0. The minimum Gasteiger partial charge on any atom is -0.479 e. The number of hydrogen-bond donors (Lipinski definition) is 4. The van der Waals surface area contributed by atoms with Gasteiger partial charge in [0.2, 0.25) is 17.7 Å². The van der Waals surface area contributed by atoms with Crippen LogP contribution in [0.1, 0.15) is 44.0 Å². The van der Waals surface area contributed by atoms with Crippen LogP contribution in [0.2, 0.25) is 0 Å². The van der Waals surface area contributed by atoms with Gasteiger partial charge in [0.25, 0.3) is 0 Å². The number of carbonyl (C=O) groups excluding carboxylic acids is 3. The fraction of sp³-hybridized carbons (Fsp3) is 0.245. The van der Waals surface area contributed by atoms with Crippen molar-refractivity contribution in [3.63, 3.8) is 0 Å². The van der Waals surface area contributed by atoms with Crippen molar-refractivity contribution in [3.8, 4) is 22.5 Å². The summed E-state index contributed by atoms with van der Waals surface area (Å²) in [6.07, 6.45) is 0.216. The molecule has 67 heavy (non-hydrogen) atoms. The third-order valence-electron chi connectivity index (χ3n) is 9.98. The third kappa shape index (κ3) is 14.2. The van der Waals surface area contributed by atoms with Crippen molar-refractivity contribution in [2.45, 2.75) is 52.7 Å². The van der Waals surface area contributed by atoms with Gasteiger partial charge >= 0.3 is 11.9 Å². The van der Waals surface area contributed by atoms with E-state index in [1.807, 2.05) is 59.3 Å². The van der Waals surface area contributed by atoms with E-state index in [1.165, 1.54) is 11.1 Å². The quantitative estimate of drug-likeness (QED) is 0.0653. The largest absolute Gasteiger partial charge is 0.479 e. The van der Waals surface area contributed by atoms with Crippen LogP contribution < -0.4 is 0 Å². The number of fused-ring (bicyclic) bond motifs is 2. The Bertz CT molecular complexity index is 2740. The standard InChI is InChI=1S/2C19H21N3O.C7H5N3O.C4H6O6/c2*1-13-5-8-15(9-6-13)19-16(11-18(23)21(3)4)22-12-14(2)7-10-17(22)20-19;8-10-9-7(11)6-4-2-1-3-5-6;5-1(3(7)8)2(6)4(9)10/h2*5-10,12H,11H2,1-4H3;1-5H;1-2,5-6H,(H,7,8)(H,9,10). The summed E-state index contributed by atoms with van der Waals surface area (Å²) in [7, 11) is 7.12. The predicted molar refractivity (Wildman–Crippen MR) is 252 cm³/mol. The number of azide groups is 1. The summed E-state index contributed by atoms with van der Waals surface area (Å²) in [6.45, 7) is 8.21. The number of aromatic nitrogens is 4. The predicted octanol–water partition coefficient (Wildman–Crippen LogP) is 6.51. The third-order valence-corrected chi connectivity index (χ3v) is 9.98. The molecule has 0 aliphatic rings. The van der Waals surface area contributed by atoms with Gasteiger partial charge in [-0.15, -0.1) is 0 Å². The number of carboxylic acids is 2. The van der Waals surface area contributed by atoms with Crippen LogP contribution in [0.15, 0.2) is 121 Å². The summed E-state index contributed by atoms with van der Waals surface area (Å²) < 4.78 is 4.07. The van der Waals surface area contributed by atoms with Crippen molar-refractivity contribution < 1.29 is 44.4 Å². The Kier molecular flexibility index (Phi) is 18.2. The lowest BCUT2D eigenvalue weighted by Crippen LogP contribution is -2.39. The van der Waals surface area contributed by atoms with Crippen LogP contribution in [0, 0.1) is 27.7 Å². The van der Waals surface area contributed by atoms with E-state index in [1.54, 1.807) is 68.3 Å². The molecule has 4 N–H and O–H groups in total. The number of benzene rings is 3. The zero-order valence-corrected chi connectivity index (χ0v) is 38.4. The first-order valence-corrected chi connectivity index (χ1v) is 20.7. The van der Waals surface area contributed by atoms with Crippen LogP contribution in [0.5, 0.6) is 0 Å². The number of aliphatic hydroxyl groups is 2. The summed E-state index contributed by atoms with van der Waals surface area (Å²) in [5, 5.41) is 35.5. The van der Waals surface area contributed by atoms with Gasteiger partial charge in [0.15, 0.2) is 12.2 Å². The second-order valence-electron chi connectivity index (χ2n) is 15.8. The zero-order chi connectivity index (χ0) is 49.5. The van der Waals surface area contributed by atoms with E-state index in [9.17, 15) is 24.0 Å². The number of rotatable bonds is 10. The highest BCUT2D eigenvalue weighted by Gasteiger charge is 2.29. The highest BCUT2D eigenvalue weighted by atomic mass is 16.4. The van der Waals surface area contributed by atoms with Crippen molar-refractivity contribution >= 4 is 41.0 Å². The van der Waals surface area contributed by atoms with E-state index < -0.39 is 30.1 Å². The maximum absolute atomic E-state index is 12.3. The molecule has 7 rings (SSSR count). The molecule has 7 aromatic rings. The molecule has 0 saturated carbocycles. The molecule has 348 valence electrons. The normalized spacial score (nSPS) is 11.3. The number of aliphatic carboxylic acids is 2. The number of likely N-dealkylation sites (N-methyl/N-ethyl adjacent to an activating group) is 2. The Hall–Kier alpha value is -8.18. The molecule has 4 aromatic heterocycles. The lowest BCUT2D eigenvalue weighted by molar-refractivity contribution is -0.165. The first-order chi connectivity index (χ1) is 31.7. The second-order valence-corrected chi connectivity index (χ2v) is 15.8. The summed E-state index contributed by atoms with van der Waals surface area (Å²) in [4.78, 5) is 70.0. The molecule has 0 aliphatic heterocycles. The molecule has 2 atom stereocenters. The maximum Gasteiger partial charge on any atom is 0.335 e. The monoisotopic (exact) mass is 911 g/mol. The van der Waals surface area contributed by atoms with Crippen molar-refractivity contribution in [1.82, 2.24) is 28.6 Å². The lowest BCUT2D eigenvalue weighted by Gasteiger charge is -2.11. The number of carbonyl (C=O) groups is 5. The molecule has 18 heteroatoms. The SMILES string of the molecule is Cc1ccc(-c2nc3ccc(C)cn3c2CC(=O)N(C)C)cc1.Cc1ccc(-c2nc3ccc(C)cn3c2CC(=O)N(C)C)cc1.O=C(O)C(O)C(O)C(=O)O.[N-]=[N+]=NC(=O)c1ccccc1. The Balaban J connectivity index is 0.000000209. The topological polar surface area (TPSA) is 256 Å². The number of pyridine rings is 2. The average molecular weight is 912 g/mol. The maximum atomic E-state index is 12.3. The van der Waals surface area contributed by atoms with E-state index in [-0.39, 0.29) is 11.8 Å². The number of carboxylic acid groups (broad SMARTS) is 2. The number of aliphatic hydroxyl groups excluding tert-OH is 2. The minimum atomic E-state index is -2.27. The number of hydrogen-bond acceptors (Lipinski definition) is 9. The first kappa shape index (κ1) is 51.5. The van der Waals surface area contributed by atoms with E-state index in [0.717, 1.165) is 56.3 Å². The van der Waals surface area contributed by atoms with Crippen LogP contribution in [-0.2, 0) is 32.0 Å². The van der Waals surface area contributed by atoms with Gasteiger partial charge in [-0.2, -0.15) is 0 Å². The Morgan fingerprint density at radius 1 is 0.582 bits per heavy atom. The van der Waals surface area contributed by atoms with E-state index >= 15 is 0 Å². The molecule has 18 nitrogen and oxygen atoms in total. The molecule has 3 amide bonds. The molecule has 0 saturated heterocycles. The minimum absolute atomic E-state index is 0.0710. The van der Waals surface area contributed by atoms with E-state index in [0.29, 0.717) is 18.4 Å². The molecule has 0 radical (unpaired) electrons. The molecule has 3 aromatic carbocycles. The Morgan fingerprint density at radius 2 is 0.940 bits per heavy atom. The molecular formula is C49H53N9O9. The van der Waals surface area contributed by atoms with Crippen molar-refractivity contribution in [3.05, 3.63) is 165 Å². The molecule has 0 bridgehead atoms. The zero-order valence-electron chi connectivity index (χ0n) is 38.4. The van der Waals surface area contributed by atoms with Crippen LogP contribution in [0.4, 0.5) is 0 Å².